The molecular formula is C57H36N4. The van der Waals surface area contributed by atoms with Gasteiger partial charge in [-0.25, -0.2) is 15.0 Å². The Morgan fingerprint density at radius 1 is 0.295 bits per heavy atom. The minimum atomic E-state index is 0.627. The molecule has 0 amide bonds. The lowest BCUT2D eigenvalue weighted by molar-refractivity contribution is 1.08. The van der Waals surface area contributed by atoms with Crippen LogP contribution in [-0.2, 0) is 0 Å². The molecule has 0 bridgehead atoms. The van der Waals surface area contributed by atoms with Crippen LogP contribution in [0.2, 0.25) is 0 Å². The van der Waals surface area contributed by atoms with Crippen LogP contribution >= 0.6 is 0 Å². The third-order valence-corrected chi connectivity index (χ3v) is 12.0. The van der Waals surface area contributed by atoms with E-state index >= 15 is 0 Å². The van der Waals surface area contributed by atoms with Gasteiger partial charge in [0.05, 0.1) is 16.7 Å². The number of hydrogen-bond donors (Lipinski definition) is 0. The van der Waals surface area contributed by atoms with Crippen LogP contribution in [0.3, 0.4) is 0 Å². The Hall–Kier alpha value is -8.21. The average molecular weight is 777 g/mol. The second-order valence-electron chi connectivity index (χ2n) is 15.6. The molecule has 0 saturated carbocycles. The first-order valence-electron chi connectivity index (χ1n) is 20.7. The molecule has 0 aliphatic carbocycles. The van der Waals surface area contributed by atoms with Gasteiger partial charge in [0.1, 0.15) is 0 Å². The van der Waals surface area contributed by atoms with E-state index in [9.17, 15) is 0 Å². The Labute approximate surface area is 352 Å². The van der Waals surface area contributed by atoms with Gasteiger partial charge >= 0.3 is 0 Å². The van der Waals surface area contributed by atoms with E-state index in [4.69, 9.17) is 15.0 Å². The summed E-state index contributed by atoms with van der Waals surface area (Å²) < 4.78 is 2.47. The lowest BCUT2D eigenvalue weighted by Crippen LogP contribution is -2.02. The molecule has 2 aromatic heterocycles. The molecule has 0 aliphatic rings. The maximum absolute atomic E-state index is 5.28. The molecule has 0 fully saturated rings. The maximum Gasteiger partial charge on any atom is 0.164 e. The number of hydrogen-bond acceptors (Lipinski definition) is 3. The zero-order chi connectivity index (χ0) is 40.3. The fourth-order valence-corrected chi connectivity index (χ4v) is 9.14. The van der Waals surface area contributed by atoms with E-state index in [1.165, 1.54) is 49.3 Å². The smallest absolute Gasteiger partial charge is 0.164 e. The van der Waals surface area contributed by atoms with E-state index in [1.54, 1.807) is 0 Å². The molecule has 61 heavy (non-hydrogen) atoms. The Kier molecular flexibility index (Phi) is 8.13. The fourth-order valence-electron chi connectivity index (χ4n) is 9.14. The number of benzene rings is 10. The van der Waals surface area contributed by atoms with E-state index in [0.29, 0.717) is 17.5 Å². The van der Waals surface area contributed by atoms with Gasteiger partial charge in [-0.05, 0) is 74.0 Å². The zero-order valence-electron chi connectivity index (χ0n) is 33.1. The molecule has 284 valence electrons. The molecule has 2 heterocycles. The number of aromatic nitrogens is 4. The van der Waals surface area contributed by atoms with Gasteiger partial charge in [-0.15, -0.1) is 0 Å². The third-order valence-electron chi connectivity index (χ3n) is 12.0. The number of fused-ring (bicyclic) bond motifs is 6. The summed E-state index contributed by atoms with van der Waals surface area (Å²) in [6.07, 6.45) is 0. The van der Waals surface area contributed by atoms with Gasteiger partial charge in [-0.1, -0.05) is 188 Å². The fraction of sp³-hybridized carbons (Fsp3) is 0. The first-order valence-corrected chi connectivity index (χ1v) is 20.7. The van der Waals surface area contributed by atoms with Crippen molar-refractivity contribution in [3.63, 3.8) is 0 Å². The second-order valence-corrected chi connectivity index (χ2v) is 15.6. The standard InChI is InChI=1S/C57H36N4/c1-3-17-39(18-4-1)45-31-32-46(40-19-5-2-6-20-40)54-53(45)50-25-13-14-26-51(50)61(54)52-34-33-49(47-23-11-12-24-48(47)52)57-59-55(43-29-27-37-15-7-9-21-41(37)35-43)58-56(60-57)44-30-28-38-16-8-10-22-42(38)36-44/h1-36H. The van der Waals surface area contributed by atoms with Crippen molar-refractivity contribution in [2.75, 3.05) is 0 Å². The molecule has 0 spiro atoms. The summed E-state index contributed by atoms with van der Waals surface area (Å²) in [7, 11) is 0. The van der Waals surface area contributed by atoms with Crippen molar-refractivity contribution in [2.45, 2.75) is 0 Å². The van der Waals surface area contributed by atoms with Crippen LogP contribution in [0.25, 0.3) is 116 Å². The molecule has 0 saturated heterocycles. The SMILES string of the molecule is c1ccc(-c2ccc(-c3ccccc3)c3c2c2ccccc2n3-c2ccc(-c3nc(-c4ccc5ccccc5c4)nc(-c4ccc5ccccc5c4)n3)c3ccccc23)cc1. The number of nitrogens with zero attached hydrogens (tertiary/aromatic N) is 4. The van der Waals surface area contributed by atoms with Crippen LogP contribution in [-0.4, -0.2) is 19.5 Å². The van der Waals surface area contributed by atoms with Crippen LogP contribution in [0.4, 0.5) is 0 Å². The number of para-hydroxylation sites is 1. The molecule has 0 unspecified atom stereocenters. The Morgan fingerprint density at radius 3 is 1.41 bits per heavy atom. The quantitative estimate of drug-likeness (QED) is 0.169. The summed E-state index contributed by atoms with van der Waals surface area (Å²) >= 11 is 0. The van der Waals surface area contributed by atoms with E-state index in [0.717, 1.165) is 49.4 Å². The predicted molar refractivity (Wildman–Crippen MR) is 254 cm³/mol. The summed E-state index contributed by atoms with van der Waals surface area (Å²) in [5.41, 5.74) is 11.0. The average Bonchev–Trinajstić information content (AvgIpc) is 3.68. The Morgan fingerprint density at radius 2 is 0.770 bits per heavy atom. The van der Waals surface area contributed by atoms with Crippen LogP contribution in [0.5, 0.6) is 0 Å². The van der Waals surface area contributed by atoms with Crippen LogP contribution in [0.15, 0.2) is 218 Å². The van der Waals surface area contributed by atoms with Gasteiger partial charge in [0.25, 0.3) is 0 Å². The summed E-state index contributed by atoms with van der Waals surface area (Å²) in [5.74, 6) is 1.90. The van der Waals surface area contributed by atoms with Crippen LogP contribution in [0.1, 0.15) is 0 Å². The third kappa shape index (κ3) is 5.88. The summed E-state index contributed by atoms with van der Waals surface area (Å²) in [6.45, 7) is 0. The highest BCUT2D eigenvalue weighted by atomic mass is 15.0. The lowest BCUT2D eigenvalue weighted by atomic mass is 9.94. The largest absolute Gasteiger partial charge is 0.308 e. The van der Waals surface area contributed by atoms with Crippen molar-refractivity contribution in [1.82, 2.24) is 19.5 Å². The first kappa shape index (κ1) is 34.8. The highest BCUT2D eigenvalue weighted by Crippen LogP contribution is 2.45. The monoisotopic (exact) mass is 776 g/mol. The first-order chi connectivity index (χ1) is 30.2. The van der Waals surface area contributed by atoms with Crippen molar-refractivity contribution in [3.8, 4) is 62.1 Å². The van der Waals surface area contributed by atoms with Crippen molar-refractivity contribution in [2.24, 2.45) is 0 Å². The molecule has 12 aromatic rings. The number of rotatable bonds is 6. The summed E-state index contributed by atoms with van der Waals surface area (Å²) in [4.78, 5) is 15.7. The van der Waals surface area contributed by atoms with Gasteiger partial charge in [0, 0.05) is 38.4 Å². The van der Waals surface area contributed by atoms with E-state index in [-0.39, 0.29) is 0 Å². The summed E-state index contributed by atoms with van der Waals surface area (Å²) in [6, 6.07) is 77.7. The van der Waals surface area contributed by atoms with Gasteiger partial charge in [-0.2, -0.15) is 0 Å². The molecule has 0 N–H and O–H groups in total. The Balaban J connectivity index is 1.12. The van der Waals surface area contributed by atoms with E-state index in [2.05, 4.69) is 223 Å². The van der Waals surface area contributed by atoms with Gasteiger partial charge in [0.15, 0.2) is 17.5 Å². The molecule has 4 heteroatoms. The minimum Gasteiger partial charge on any atom is -0.308 e. The van der Waals surface area contributed by atoms with Crippen molar-refractivity contribution < 1.29 is 0 Å². The van der Waals surface area contributed by atoms with Crippen molar-refractivity contribution in [3.05, 3.63) is 218 Å². The second kappa shape index (κ2) is 14.3. The normalized spacial score (nSPS) is 11.6. The van der Waals surface area contributed by atoms with Crippen molar-refractivity contribution >= 4 is 54.1 Å². The molecule has 12 rings (SSSR count). The Bertz CT molecular complexity index is 3550. The molecule has 4 nitrogen and oxygen atoms in total. The van der Waals surface area contributed by atoms with Gasteiger partial charge < -0.3 is 4.57 Å². The molecule has 0 atom stereocenters. The predicted octanol–water partition coefficient (Wildman–Crippen LogP) is 14.8. The zero-order valence-corrected chi connectivity index (χ0v) is 33.1. The molecule has 0 radical (unpaired) electrons. The van der Waals surface area contributed by atoms with Crippen molar-refractivity contribution in [1.29, 1.82) is 0 Å². The topological polar surface area (TPSA) is 43.6 Å². The maximum atomic E-state index is 5.28. The highest BCUT2D eigenvalue weighted by molar-refractivity contribution is 6.20. The van der Waals surface area contributed by atoms with Gasteiger partial charge in [0.2, 0.25) is 0 Å². The molecule has 0 aliphatic heterocycles. The van der Waals surface area contributed by atoms with E-state index in [1.807, 2.05) is 0 Å². The van der Waals surface area contributed by atoms with Crippen LogP contribution < -0.4 is 0 Å². The molecule has 10 aromatic carbocycles. The highest BCUT2D eigenvalue weighted by Gasteiger charge is 2.23. The van der Waals surface area contributed by atoms with E-state index < -0.39 is 0 Å². The summed E-state index contributed by atoms with van der Waals surface area (Å²) in [5, 5.41) is 9.23. The van der Waals surface area contributed by atoms with Gasteiger partial charge in [-0.3, -0.25) is 0 Å². The lowest BCUT2D eigenvalue weighted by Gasteiger charge is -2.17. The van der Waals surface area contributed by atoms with Crippen LogP contribution in [0, 0.1) is 0 Å². The minimum absolute atomic E-state index is 0.627. The molecular weight excluding hydrogens is 741 g/mol.